The lowest BCUT2D eigenvalue weighted by molar-refractivity contribution is 0.0678. The minimum absolute atomic E-state index is 0.0114. The molecule has 0 amide bonds. The van der Waals surface area contributed by atoms with Gasteiger partial charge in [0.2, 0.25) is 0 Å². The van der Waals surface area contributed by atoms with E-state index in [0.29, 0.717) is 0 Å². The maximum absolute atomic E-state index is 13.7. The minimum Gasteiger partial charge on any atom is -0.245 e. The fourth-order valence-corrected chi connectivity index (χ4v) is 4.67. The SMILES string of the molecule is CCCC1CCC(C2CCC(C(F)C(C)F)CC2)CC1. The van der Waals surface area contributed by atoms with Crippen molar-refractivity contribution in [3.8, 4) is 0 Å². The molecule has 2 saturated carbocycles. The van der Waals surface area contributed by atoms with Gasteiger partial charge >= 0.3 is 0 Å². The molecule has 2 aliphatic carbocycles. The first kappa shape index (κ1) is 16.2. The van der Waals surface area contributed by atoms with Gasteiger partial charge in [-0.2, -0.15) is 0 Å². The second kappa shape index (κ2) is 7.75. The van der Waals surface area contributed by atoms with Crippen molar-refractivity contribution < 1.29 is 8.78 Å². The molecule has 20 heavy (non-hydrogen) atoms. The van der Waals surface area contributed by atoms with Gasteiger partial charge in [-0.15, -0.1) is 0 Å². The molecule has 0 heterocycles. The van der Waals surface area contributed by atoms with Crippen molar-refractivity contribution in [3.63, 3.8) is 0 Å². The molecule has 2 atom stereocenters. The molecule has 118 valence electrons. The van der Waals surface area contributed by atoms with E-state index in [9.17, 15) is 8.78 Å². The predicted molar refractivity (Wildman–Crippen MR) is 81.3 cm³/mol. The van der Waals surface area contributed by atoms with Crippen LogP contribution in [-0.2, 0) is 0 Å². The van der Waals surface area contributed by atoms with Crippen molar-refractivity contribution in [3.05, 3.63) is 0 Å². The number of rotatable bonds is 5. The summed E-state index contributed by atoms with van der Waals surface area (Å²) in [6, 6.07) is 0. The van der Waals surface area contributed by atoms with Crippen molar-refractivity contribution in [2.75, 3.05) is 0 Å². The molecule has 0 aliphatic heterocycles. The molecule has 2 fully saturated rings. The Bertz CT molecular complexity index is 261. The largest absolute Gasteiger partial charge is 0.245 e. The molecule has 2 unspecified atom stereocenters. The summed E-state index contributed by atoms with van der Waals surface area (Å²) in [4.78, 5) is 0. The van der Waals surface area contributed by atoms with Gasteiger partial charge in [-0.3, -0.25) is 0 Å². The fraction of sp³-hybridized carbons (Fsp3) is 1.00. The third-order valence-electron chi connectivity index (χ3n) is 5.96. The zero-order chi connectivity index (χ0) is 14.5. The monoisotopic (exact) mass is 286 g/mol. The quantitative estimate of drug-likeness (QED) is 0.573. The first-order valence-electron chi connectivity index (χ1n) is 8.90. The lowest BCUT2D eigenvalue weighted by atomic mass is 9.68. The Morgan fingerprint density at radius 3 is 1.80 bits per heavy atom. The molecule has 2 heteroatoms. The van der Waals surface area contributed by atoms with E-state index in [2.05, 4.69) is 6.92 Å². The zero-order valence-electron chi connectivity index (χ0n) is 13.3. The van der Waals surface area contributed by atoms with Gasteiger partial charge in [-0.25, -0.2) is 8.78 Å². The summed E-state index contributed by atoms with van der Waals surface area (Å²) < 4.78 is 26.8. The molecule has 0 spiro atoms. The van der Waals surface area contributed by atoms with Crippen LogP contribution in [0.3, 0.4) is 0 Å². The summed E-state index contributed by atoms with van der Waals surface area (Å²) in [6.07, 6.45) is 9.90. The van der Waals surface area contributed by atoms with E-state index in [1.54, 1.807) is 0 Å². The van der Waals surface area contributed by atoms with Crippen LogP contribution in [-0.4, -0.2) is 12.3 Å². The molecule has 0 aromatic carbocycles. The third-order valence-corrected chi connectivity index (χ3v) is 5.96. The molecule has 0 aromatic heterocycles. The van der Waals surface area contributed by atoms with Gasteiger partial charge in [-0.1, -0.05) is 32.6 Å². The highest BCUT2D eigenvalue weighted by Gasteiger charge is 2.34. The number of hydrogen-bond acceptors (Lipinski definition) is 0. The molecule has 0 aromatic rings. The Labute approximate surface area is 123 Å². The van der Waals surface area contributed by atoms with E-state index in [1.807, 2.05) is 0 Å². The summed E-state index contributed by atoms with van der Waals surface area (Å²) in [5.74, 6) is 2.64. The van der Waals surface area contributed by atoms with E-state index < -0.39 is 12.3 Å². The topological polar surface area (TPSA) is 0 Å². The van der Waals surface area contributed by atoms with Crippen LogP contribution in [0, 0.1) is 23.7 Å². The van der Waals surface area contributed by atoms with Gasteiger partial charge in [0.05, 0.1) is 0 Å². The standard InChI is InChI=1S/C18H32F2/c1-3-4-14-5-7-15(8-6-14)16-9-11-17(12-10-16)18(20)13(2)19/h13-18H,3-12H2,1-2H3. The highest BCUT2D eigenvalue weighted by Crippen LogP contribution is 2.43. The zero-order valence-corrected chi connectivity index (χ0v) is 13.3. The van der Waals surface area contributed by atoms with Crippen LogP contribution < -0.4 is 0 Å². The molecule has 0 N–H and O–H groups in total. The summed E-state index contributed by atoms with van der Waals surface area (Å²) in [5, 5.41) is 0. The maximum atomic E-state index is 13.7. The van der Waals surface area contributed by atoms with Crippen molar-refractivity contribution in [2.24, 2.45) is 23.7 Å². The summed E-state index contributed by atoms with van der Waals surface area (Å²) >= 11 is 0. The molecule has 0 nitrogen and oxygen atoms in total. The molecule has 0 bridgehead atoms. The lowest BCUT2D eigenvalue weighted by Crippen LogP contribution is -2.31. The Hall–Kier alpha value is -0.140. The van der Waals surface area contributed by atoms with E-state index in [0.717, 1.165) is 43.4 Å². The smallest absolute Gasteiger partial charge is 0.134 e. The third kappa shape index (κ3) is 4.18. The van der Waals surface area contributed by atoms with E-state index in [4.69, 9.17) is 0 Å². The summed E-state index contributed by atoms with van der Waals surface area (Å²) in [5.41, 5.74) is 0. The first-order chi connectivity index (χ1) is 9.61. The van der Waals surface area contributed by atoms with E-state index >= 15 is 0 Å². The van der Waals surface area contributed by atoms with Crippen LogP contribution in [0.15, 0.2) is 0 Å². The molecular weight excluding hydrogens is 254 g/mol. The van der Waals surface area contributed by atoms with Crippen molar-refractivity contribution >= 4 is 0 Å². The average Bonchev–Trinajstić information content (AvgIpc) is 2.48. The minimum atomic E-state index is -1.29. The molecule has 2 aliphatic rings. The van der Waals surface area contributed by atoms with Gasteiger partial charge in [0.1, 0.15) is 12.3 Å². The van der Waals surface area contributed by atoms with Gasteiger partial charge in [0.15, 0.2) is 0 Å². The summed E-state index contributed by atoms with van der Waals surface area (Å²) in [7, 11) is 0. The van der Waals surface area contributed by atoms with Crippen LogP contribution in [0.4, 0.5) is 8.78 Å². The van der Waals surface area contributed by atoms with Gasteiger partial charge in [-0.05, 0) is 69.1 Å². The highest BCUT2D eigenvalue weighted by atomic mass is 19.2. The number of hydrogen-bond donors (Lipinski definition) is 0. The summed E-state index contributed by atoms with van der Waals surface area (Å²) in [6.45, 7) is 3.65. The Morgan fingerprint density at radius 2 is 1.35 bits per heavy atom. The van der Waals surface area contributed by atoms with Gasteiger partial charge in [0, 0.05) is 0 Å². The van der Waals surface area contributed by atoms with Gasteiger partial charge in [0.25, 0.3) is 0 Å². The molecule has 0 saturated heterocycles. The predicted octanol–water partition coefficient (Wildman–Crippen LogP) is 6.10. The first-order valence-corrected chi connectivity index (χ1v) is 8.90. The normalized spacial score (nSPS) is 38.4. The highest BCUT2D eigenvalue weighted by molar-refractivity contribution is 4.85. The van der Waals surface area contributed by atoms with E-state index in [-0.39, 0.29) is 5.92 Å². The van der Waals surface area contributed by atoms with Crippen molar-refractivity contribution in [1.29, 1.82) is 0 Å². The van der Waals surface area contributed by atoms with Crippen LogP contribution in [0.2, 0.25) is 0 Å². The van der Waals surface area contributed by atoms with Crippen LogP contribution in [0.25, 0.3) is 0 Å². The van der Waals surface area contributed by atoms with Crippen LogP contribution >= 0.6 is 0 Å². The Kier molecular flexibility index (Phi) is 6.29. The average molecular weight is 286 g/mol. The van der Waals surface area contributed by atoms with Gasteiger partial charge < -0.3 is 0 Å². The Balaban J connectivity index is 1.72. The van der Waals surface area contributed by atoms with E-state index in [1.165, 1.54) is 45.4 Å². The lowest BCUT2D eigenvalue weighted by Gasteiger charge is -2.38. The fourth-order valence-electron chi connectivity index (χ4n) is 4.67. The second-order valence-electron chi connectivity index (χ2n) is 7.37. The molecular formula is C18H32F2. The van der Waals surface area contributed by atoms with Crippen LogP contribution in [0.5, 0.6) is 0 Å². The number of alkyl halides is 2. The Morgan fingerprint density at radius 1 is 0.850 bits per heavy atom. The number of halogens is 2. The van der Waals surface area contributed by atoms with Crippen molar-refractivity contribution in [1.82, 2.24) is 0 Å². The van der Waals surface area contributed by atoms with Crippen molar-refractivity contribution in [2.45, 2.75) is 90.4 Å². The van der Waals surface area contributed by atoms with Crippen LogP contribution in [0.1, 0.15) is 78.1 Å². The maximum Gasteiger partial charge on any atom is 0.134 e. The second-order valence-corrected chi connectivity index (χ2v) is 7.37. The molecule has 2 rings (SSSR count). The molecule has 0 radical (unpaired) electrons.